The van der Waals surface area contributed by atoms with Crippen LogP contribution in [0.1, 0.15) is 24.2 Å². The Balaban J connectivity index is 1.98. The first-order valence-electron chi connectivity index (χ1n) is 6.67. The number of fused-ring (bicyclic) bond motifs is 1. The van der Waals surface area contributed by atoms with Gasteiger partial charge in [-0.25, -0.2) is 13.6 Å². The minimum atomic E-state index is -3.88. The summed E-state index contributed by atoms with van der Waals surface area (Å²) < 4.78 is 30.3. The Kier molecular flexibility index (Phi) is 3.42. The molecule has 2 aromatic rings. The third-order valence-corrected chi connectivity index (χ3v) is 4.37. The van der Waals surface area contributed by atoms with Crippen molar-refractivity contribution in [1.82, 2.24) is 14.8 Å². The molecule has 1 aromatic carbocycles. The van der Waals surface area contributed by atoms with Crippen LogP contribution in [0.25, 0.3) is 0 Å². The summed E-state index contributed by atoms with van der Waals surface area (Å²) in [7, 11) is -3.88. The maximum atomic E-state index is 11.5. The van der Waals surface area contributed by atoms with Crippen molar-refractivity contribution in [2.24, 2.45) is 5.14 Å². The summed E-state index contributed by atoms with van der Waals surface area (Å²) in [5.74, 6) is 1.42. The molecule has 8 heteroatoms. The monoisotopic (exact) mass is 308 g/mol. The Morgan fingerprint density at radius 3 is 2.86 bits per heavy atom. The fraction of sp³-hybridized carbons (Fsp3) is 0.385. The van der Waals surface area contributed by atoms with E-state index in [0.29, 0.717) is 19.0 Å². The first-order valence-corrected chi connectivity index (χ1v) is 8.22. The zero-order chi connectivity index (χ0) is 15.0. The summed E-state index contributed by atoms with van der Waals surface area (Å²) in [6, 6.07) is 7.79. The second-order valence-electron chi connectivity index (χ2n) is 4.95. The highest BCUT2D eigenvalue weighted by molar-refractivity contribution is 7.89. The number of hydrogen-bond acceptors (Lipinski definition) is 5. The number of primary sulfonamides is 1. The number of hydrogen-bond donors (Lipinski definition) is 1. The number of rotatable bonds is 3. The molecule has 1 aliphatic heterocycles. The minimum Gasteiger partial charge on any atom is -0.493 e. The van der Waals surface area contributed by atoms with Crippen LogP contribution >= 0.6 is 0 Å². The van der Waals surface area contributed by atoms with Crippen LogP contribution in [-0.4, -0.2) is 29.8 Å². The lowest BCUT2D eigenvalue weighted by atomic mass is 9.96. The SMILES string of the molecule is CCn1c(C2COc3ccccc3C2)nnc1S(N)(=O)=O. The van der Waals surface area contributed by atoms with E-state index in [0.717, 1.165) is 17.7 Å². The number of nitrogens with two attached hydrogens (primary N) is 1. The van der Waals surface area contributed by atoms with Crippen molar-refractivity contribution < 1.29 is 13.2 Å². The van der Waals surface area contributed by atoms with Gasteiger partial charge in [0.2, 0.25) is 0 Å². The molecule has 1 unspecified atom stereocenters. The second kappa shape index (κ2) is 5.12. The van der Waals surface area contributed by atoms with Crippen LogP contribution in [0.3, 0.4) is 0 Å². The lowest BCUT2D eigenvalue weighted by Crippen LogP contribution is -2.24. The van der Waals surface area contributed by atoms with Crippen molar-refractivity contribution in [3.8, 4) is 5.75 Å². The molecule has 7 nitrogen and oxygen atoms in total. The molecule has 2 heterocycles. The average molecular weight is 308 g/mol. The molecular weight excluding hydrogens is 292 g/mol. The summed E-state index contributed by atoms with van der Waals surface area (Å²) in [4.78, 5) is 0. The smallest absolute Gasteiger partial charge is 0.273 e. The molecule has 0 amide bonds. The number of para-hydroxylation sites is 1. The van der Waals surface area contributed by atoms with Gasteiger partial charge in [-0.3, -0.25) is 0 Å². The molecule has 0 saturated carbocycles. The fourth-order valence-electron chi connectivity index (χ4n) is 2.60. The number of nitrogens with zero attached hydrogens (tertiary/aromatic N) is 3. The molecule has 21 heavy (non-hydrogen) atoms. The highest BCUT2D eigenvalue weighted by Gasteiger charge is 2.29. The van der Waals surface area contributed by atoms with Gasteiger partial charge in [-0.05, 0) is 25.0 Å². The molecular formula is C13H16N4O3S. The Morgan fingerprint density at radius 1 is 1.38 bits per heavy atom. The number of aromatic nitrogens is 3. The van der Waals surface area contributed by atoms with E-state index in [2.05, 4.69) is 10.2 Å². The predicted molar refractivity (Wildman–Crippen MR) is 75.5 cm³/mol. The van der Waals surface area contributed by atoms with Gasteiger partial charge in [0, 0.05) is 6.54 Å². The highest BCUT2D eigenvalue weighted by Crippen LogP contribution is 2.31. The number of ether oxygens (including phenoxy) is 1. The Hall–Kier alpha value is -1.93. The molecule has 0 fully saturated rings. The van der Waals surface area contributed by atoms with Crippen LogP contribution < -0.4 is 9.88 Å². The summed E-state index contributed by atoms with van der Waals surface area (Å²) in [5.41, 5.74) is 1.08. The topological polar surface area (TPSA) is 100 Å². The molecule has 112 valence electrons. The van der Waals surface area contributed by atoms with Crippen LogP contribution in [-0.2, 0) is 23.0 Å². The van der Waals surface area contributed by atoms with Crippen molar-refractivity contribution in [2.75, 3.05) is 6.61 Å². The van der Waals surface area contributed by atoms with Crippen LogP contribution in [0, 0.1) is 0 Å². The lowest BCUT2D eigenvalue weighted by molar-refractivity contribution is 0.254. The Bertz CT molecular complexity index is 769. The summed E-state index contributed by atoms with van der Waals surface area (Å²) >= 11 is 0. The third kappa shape index (κ3) is 2.52. The Labute approximate surface area is 122 Å². The molecule has 0 bridgehead atoms. The standard InChI is InChI=1S/C13H16N4O3S/c1-2-17-12(15-16-13(17)21(14,18)19)10-7-9-5-3-4-6-11(9)20-8-10/h3-6,10H,2,7-8H2,1H3,(H2,14,18,19). The minimum absolute atomic E-state index is 0.0390. The molecule has 1 aromatic heterocycles. The predicted octanol–water partition coefficient (Wildman–Crippen LogP) is 0.664. The molecule has 1 atom stereocenters. The van der Waals surface area contributed by atoms with E-state index < -0.39 is 10.0 Å². The van der Waals surface area contributed by atoms with E-state index in [1.165, 1.54) is 4.57 Å². The van der Waals surface area contributed by atoms with Gasteiger partial charge in [-0.15, -0.1) is 10.2 Å². The maximum Gasteiger partial charge on any atom is 0.273 e. The van der Waals surface area contributed by atoms with E-state index in [1.807, 2.05) is 31.2 Å². The normalized spacial score (nSPS) is 18.1. The van der Waals surface area contributed by atoms with E-state index in [9.17, 15) is 8.42 Å². The van der Waals surface area contributed by atoms with Gasteiger partial charge in [-0.2, -0.15) is 0 Å². The van der Waals surface area contributed by atoms with Gasteiger partial charge in [0.05, 0.1) is 12.5 Å². The highest BCUT2D eigenvalue weighted by atomic mass is 32.2. The zero-order valence-corrected chi connectivity index (χ0v) is 12.4. The van der Waals surface area contributed by atoms with Crippen LogP contribution in [0.5, 0.6) is 5.75 Å². The van der Waals surface area contributed by atoms with E-state index in [1.54, 1.807) is 0 Å². The quantitative estimate of drug-likeness (QED) is 0.898. The molecule has 0 spiro atoms. The van der Waals surface area contributed by atoms with E-state index >= 15 is 0 Å². The van der Waals surface area contributed by atoms with Crippen LogP contribution in [0.4, 0.5) is 0 Å². The zero-order valence-electron chi connectivity index (χ0n) is 11.6. The van der Waals surface area contributed by atoms with Crippen LogP contribution in [0.2, 0.25) is 0 Å². The first-order chi connectivity index (χ1) is 10.0. The van der Waals surface area contributed by atoms with Crippen molar-refractivity contribution in [3.63, 3.8) is 0 Å². The van der Waals surface area contributed by atoms with Gasteiger partial charge in [0.25, 0.3) is 15.2 Å². The number of sulfonamides is 1. The largest absolute Gasteiger partial charge is 0.493 e. The van der Waals surface area contributed by atoms with Crippen LogP contribution in [0.15, 0.2) is 29.4 Å². The lowest BCUT2D eigenvalue weighted by Gasteiger charge is -2.24. The summed E-state index contributed by atoms with van der Waals surface area (Å²) in [6.45, 7) is 2.71. The molecule has 3 rings (SSSR count). The number of benzene rings is 1. The van der Waals surface area contributed by atoms with Gasteiger partial charge in [0.1, 0.15) is 11.6 Å². The maximum absolute atomic E-state index is 11.5. The summed E-state index contributed by atoms with van der Waals surface area (Å²) in [6.07, 6.45) is 0.735. The van der Waals surface area contributed by atoms with Crippen molar-refractivity contribution in [1.29, 1.82) is 0 Å². The molecule has 0 aliphatic carbocycles. The average Bonchev–Trinajstić information content (AvgIpc) is 2.90. The molecule has 2 N–H and O–H groups in total. The fourth-order valence-corrected chi connectivity index (χ4v) is 3.29. The van der Waals surface area contributed by atoms with E-state index in [-0.39, 0.29) is 11.1 Å². The van der Waals surface area contributed by atoms with Gasteiger partial charge >= 0.3 is 0 Å². The van der Waals surface area contributed by atoms with Gasteiger partial charge in [-0.1, -0.05) is 18.2 Å². The van der Waals surface area contributed by atoms with Crippen molar-refractivity contribution >= 4 is 10.0 Å². The van der Waals surface area contributed by atoms with Crippen molar-refractivity contribution in [3.05, 3.63) is 35.7 Å². The molecule has 0 saturated heterocycles. The van der Waals surface area contributed by atoms with Crippen molar-refractivity contribution in [2.45, 2.75) is 31.0 Å². The van der Waals surface area contributed by atoms with Gasteiger partial charge in [0.15, 0.2) is 0 Å². The first kappa shape index (κ1) is 14.0. The van der Waals surface area contributed by atoms with E-state index in [4.69, 9.17) is 9.88 Å². The molecule has 1 aliphatic rings. The summed E-state index contributed by atoms with van der Waals surface area (Å²) in [5, 5.41) is 12.7. The molecule has 0 radical (unpaired) electrons. The van der Waals surface area contributed by atoms with Gasteiger partial charge < -0.3 is 9.30 Å². The second-order valence-corrected chi connectivity index (χ2v) is 6.40. The Morgan fingerprint density at radius 2 is 2.14 bits per heavy atom. The third-order valence-electron chi connectivity index (χ3n) is 3.56.